The summed E-state index contributed by atoms with van der Waals surface area (Å²) in [6, 6.07) is 0. The fraction of sp³-hybridized carbons (Fsp3) is 1.00. The quantitative estimate of drug-likeness (QED) is 0.432. The van der Waals surface area contributed by atoms with Gasteiger partial charge in [0.1, 0.15) is 0 Å². The highest BCUT2D eigenvalue weighted by atomic mass is 16.3. The molecule has 0 aromatic carbocycles. The van der Waals surface area contributed by atoms with Gasteiger partial charge in [-0.25, -0.2) is 0 Å². The van der Waals surface area contributed by atoms with Gasteiger partial charge in [-0.1, -0.05) is 0 Å². The molecule has 1 saturated carbocycles. The summed E-state index contributed by atoms with van der Waals surface area (Å²) in [6.45, 7) is -0.327. The molecule has 0 aromatic heterocycles. The van der Waals surface area contributed by atoms with E-state index in [9.17, 15) is 10.2 Å². The molecule has 4 heteroatoms. The monoisotopic (exact) mass is 176 g/mol. The van der Waals surface area contributed by atoms with Crippen LogP contribution in [-0.4, -0.2) is 45.8 Å². The van der Waals surface area contributed by atoms with Crippen molar-refractivity contribution in [1.29, 1.82) is 0 Å². The van der Waals surface area contributed by atoms with Gasteiger partial charge in [0, 0.05) is 6.61 Å². The Kier molecular flexibility index (Phi) is 3.46. The molecule has 4 N–H and O–H groups in total. The second kappa shape index (κ2) is 4.18. The normalized spacial score (nSPS) is 38.5. The van der Waals surface area contributed by atoms with E-state index >= 15 is 0 Å². The van der Waals surface area contributed by atoms with Gasteiger partial charge in [0.15, 0.2) is 0 Å². The fourth-order valence-corrected chi connectivity index (χ4v) is 1.94. The third-order valence-electron chi connectivity index (χ3n) is 2.64. The minimum atomic E-state index is -0.806. The maximum absolute atomic E-state index is 9.30. The molecule has 1 aliphatic rings. The predicted octanol–water partition coefficient (Wildman–Crippen LogP) is -1.28. The molecule has 0 saturated heterocycles. The van der Waals surface area contributed by atoms with Gasteiger partial charge < -0.3 is 20.4 Å². The van der Waals surface area contributed by atoms with Gasteiger partial charge in [-0.2, -0.15) is 0 Å². The summed E-state index contributed by atoms with van der Waals surface area (Å²) in [5, 5.41) is 36.1. The lowest BCUT2D eigenvalue weighted by molar-refractivity contribution is 0.0191. The molecule has 0 aromatic rings. The van der Waals surface area contributed by atoms with Gasteiger partial charge in [0.2, 0.25) is 0 Å². The van der Waals surface area contributed by atoms with Crippen LogP contribution in [0.15, 0.2) is 0 Å². The van der Waals surface area contributed by atoms with Crippen LogP contribution in [0.25, 0.3) is 0 Å². The van der Waals surface area contributed by atoms with Crippen molar-refractivity contribution in [1.82, 2.24) is 0 Å². The summed E-state index contributed by atoms with van der Waals surface area (Å²) in [5.74, 6) is -0.225. The summed E-state index contributed by atoms with van der Waals surface area (Å²) in [6.07, 6.45) is -0.238. The van der Waals surface area contributed by atoms with E-state index in [0.29, 0.717) is 12.8 Å². The molecule has 0 amide bonds. The van der Waals surface area contributed by atoms with E-state index in [-0.39, 0.29) is 25.0 Å². The van der Waals surface area contributed by atoms with E-state index in [1.807, 2.05) is 0 Å². The summed E-state index contributed by atoms with van der Waals surface area (Å²) < 4.78 is 0. The fourth-order valence-electron chi connectivity index (χ4n) is 1.94. The minimum absolute atomic E-state index is 0.0290. The van der Waals surface area contributed by atoms with Crippen molar-refractivity contribution in [3.63, 3.8) is 0 Å². The average molecular weight is 176 g/mol. The van der Waals surface area contributed by atoms with Crippen LogP contribution in [0.2, 0.25) is 0 Å². The first-order chi connectivity index (χ1) is 5.69. The lowest BCUT2D eigenvalue weighted by Gasteiger charge is -2.20. The highest BCUT2D eigenvalue weighted by molar-refractivity contribution is 4.86. The van der Waals surface area contributed by atoms with E-state index < -0.39 is 12.2 Å². The Bertz CT molecular complexity index is 139. The molecule has 72 valence electrons. The van der Waals surface area contributed by atoms with Crippen molar-refractivity contribution in [2.24, 2.45) is 11.8 Å². The average Bonchev–Trinajstić information content (AvgIpc) is 2.45. The number of aliphatic hydroxyl groups is 4. The van der Waals surface area contributed by atoms with Crippen molar-refractivity contribution in [2.75, 3.05) is 13.2 Å². The first-order valence-corrected chi connectivity index (χ1v) is 4.27. The predicted molar refractivity (Wildman–Crippen MR) is 42.4 cm³/mol. The Morgan fingerprint density at radius 1 is 1.25 bits per heavy atom. The molecule has 4 nitrogen and oxygen atoms in total. The molecule has 0 bridgehead atoms. The Hall–Kier alpha value is -0.160. The van der Waals surface area contributed by atoms with Crippen molar-refractivity contribution < 1.29 is 20.4 Å². The summed E-state index contributed by atoms with van der Waals surface area (Å²) in [4.78, 5) is 0. The maximum atomic E-state index is 9.30. The van der Waals surface area contributed by atoms with E-state index in [1.54, 1.807) is 0 Å². The zero-order valence-electron chi connectivity index (χ0n) is 6.93. The summed E-state index contributed by atoms with van der Waals surface area (Å²) >= 11 is 0. The van der Waals surface area contributed by atoms with Gasteiger partial charge >= 0.3 is 0 Å². The second-order valence-corrected chi connectivity index (χ2v) is 3.48. The molecule has 4 atom stereocenters. The van der Waals surface area contributed by atoms with Crippen LogP contribution in [0.3, 0.4) is 0 Å². The molecule has 1 unspecified atom stereocenters. The van der Waals surface area contributed by atoms with Crippen LogP contribution < -0.4 is 0 Å². The van der Waals surface area contributed by atoms with Gasteiger partial charge in [-0.3, -0.25) is 0 Å². The van der Waals surface area contributed by atoms with Crippen LogP contribution in [0.1, 0.15) is 12.8 Å². The Labute approximate surface area is 71.5 Å². The maximum Gasteiger partial charge on any atom is 0.0803 e. The van der Waals surface area contributed by atoms with Gasteiger partial charge in [-0.05, 0) is 24.7 Å². The standard InChI is InChI=1S/C8H16O4/c9-3-5-1-6(11)2-7(5)8(12)4-10/h5-12H,1-4H2/t5-,6-,7+,8?/m0/s1. The van der Waals surface area contributed by atoms with E-state index in [2.05, 4.69) is 0 Å². The molecule has 1 rings (SSSR count). The van der Waals surface area contributed by atoms with Crippen molar-refractivity contribution in [3.05, 3.63) is 0 Å². The number of hydrogen-bond donors (Lipinski definition) is 4. The smallest absolute Gasteiger partial charge is 0.0803 e. The number of aliphatic hydroxyl groups excluding tert-OH is 4. The van der Waals surface area contributed by atoms with Crippen LogP contribution in [0, 0.1) is 11.8 Å². The molecule has 0 aliphatic heterocycles. The summed E-state index contributed by atoms with van der Waals surface area (Å²) in [5.41, 5.74) is 0. The lowest BCUT2D eigenvalue weighted by atomic mass is 9.92. The highest BCUT2D eigenvalue weighted by Crippen LogP contribution is 2.33. The second-order valence-electron chi connectivity index (χ2n) is 3.48. The topological polar surface area (TPSA) is 80.9 Å². The highest BCUT2D eigenvalue weighted by Gasteiger charge is 2.36. The first-order valence-electron chi connectivity index (χ1n) is 4.27. The Morgan fingerprint density at radius 3 is 2.42 bits per heavy atom. The lowest BCUT2D eigenvalue weighted by Crippen LogP contribution is -2.28. The molecular weight excluding hydrogens is 160 g/mol. The molecule has 1 aliphatic carbocycles. The first kappa shape index (κ1) is 9.92. The van der Waals surface area contributed by atoms with Crippen molar-refractivity contribution in [2.45, 2.75) is 25.0 Å². The molecule has 0 heterocycles. The molecule has 1 fully saturated rings. The van der Waals surface area contributed by atoms with E-state index in [4.69, 9.17) is 10.2 Å². The molecule has 0 radical (unpaired) electrons. The van der Waals surface area contributed by atoms with Gasteiger partial charge in [-0.15, -0.1) is 0 Å². The molecular formula is C8H16O4. The zero-order valence-corrected chi connectivity index (χ0v) is 6.93. The Balaban J connectivity index is 2.51. The number of rotatable bonds is 3. The van der Waals surface area contributed by atoms with E-state index in [0.717, 1.165) is 0 Å². The Morgan fingerprint density at radius 2 is 1.92 bits per heavy atom. The largest absolute Gasteiger partial charge is 0.396 e. The minimum Gasteiger partial charge on any atom is -0.396 e. The third kappa shape index (κ3) is 1.95. The van der Waals surface area contributed by atoms with Crippen LogP contribution in [0.5, 0.6) is 0 Å². The van der Waals surface area contributed by atoms with Crippen LogP contribution >= 0.6 is 0 Å². The van der Waals surface area contributed by atoms with Crippen molar-refractivity contribution >= 4 is 0 Å². The van der Waals surface area contributed by atoms with E-state index in [1.165, 1.54) is 0 Å². The summed E-state index contributed by atoms with van der Waals surface area (Å²) in [7, 11) is 0. The van der Waals surface area contributed by atoms with Crippen LogP contribution in [-0.2, 0) is 0 Å². The zero-order chi connectivity index (χ0) is 9.14. The number of hydrogen-bond acceptors (Lipinski definition) is 4. The molecule has 0 spiro atoms. The van der Waals surface area contributed by atoms with Crippen molar-refractivity contribution in [3.8, 4) is 0 Å². The molecule has 12 heavy (non-hydrogen) atoms. The van der Waals surface area contributed by atoms with Gasteiger partial charge in [0.05, 0.1) is 18.8 Å². The van der Waals surface area contributed by atoms with Gasteiger partial charge in [0.25, 0.3) is 0 Å². The van der Waals surface area contributed by atoms with Crippen LogP contribution in [0.4, 0.5) is 0 Å². The third-order valence-corrected chi connectivity index (χ3v) is 2.64. The SMILES string of the molecule is OCC(O)[C@@H]1C[C@@H](O)C[C@H]1CO.